The highest BCUT2D eigenvalue weighted by Crippen LogP contribution is 2.38. The van der Waals surface area contributed by atoms with Crippen molar-refractivity contribution in [2.75, 3.05) is 11.4 Å². The lowest BCUT2D eigenvalue weighted by Gasteiger charge is -2.29. The average Bonchev–Trinajstić information content (AvgIpc) is 3.10. The minimum atomic E-state index is 0.732. The third kappa shape index (κ3) is 1.79. The van der Waals surface area contributed by atoms with E-state index in [-0.39, 0.29) is 0 Å². The lowest BCUT2D eigenvalue weighted by Crippen LogP contribution is -2.32. The van der Waals surface area contributed by atoms with Crippen LogP contribution in [-0.2, 0) is 25.8 Å². The number of nitrogens with zero attached hydrogens (tertiary/aromatic N) is 5. The van der Waals surface area contributed by atoms with Crippen molar-refractivity contribution in [3.8, 4) is 0 Å². The van der Waals surface area contributed by atoms with Crippen LogP contribution in [0.1, 0.15) is 47.9 Å². The van der Waals surface area contributed by atoms with Gasteiger partial charge in [0.15, 0.2) is 0 Å². The van der Waals surface area contributed by atoms with Crippen molar-refractivity contribution in [1.82, 2.24) is 19.5 Å². The Labute approximate surface area is 124 Å². The van der Waals surface area contributed by atoms with Gasteiger partial charge in [0.1, 0.15) is 12.1 Å². The lowest BCUT2D eigenvalue weighted by molar-refractivity contribution is 0.636. The fourth-order valence-corrected chi connectivity index (χ4v) is 3.79. The maximum atomic E-state index is 4.67. The Hall–Kier alpha value is -1.91. The fourth-order valence-electron chi connectivity index (χ4n) is 3.79. The predicted octanol–water partition coefficient (Wildman–Crippen LogP) is 2.06. The van der Waals surface area contributed by atoms with E-state index in [0.717, 1.165) is 44.2 Å². The minimum Gasteiger partial charge on any atom is -0.350 e. The molecule has 0 amide bonds. The molecule has 0 aromatic carbocycles. The van der Waals surface area contributed by atoms with Gasteiger partial charge in [0, 0.05) is 36.0 Å². The van der Waals surface area contributed by atoms with Gasteiger partial charge in [0.2, 0.25) is 0 Å². The molecule has 1 fully saturated rings. The second-order valence-corrected chi connectivity index (χ2v) is 6.42. The molecule has 2 aromatic rings. The SMILES string of the molecule is c1nc2c(c(N3CCc4c(ncn4C4CC4)C3)n1)CCC2. The van der Waals surface area contributed by atoms with Crippen molar-refractivity contribution in [2.24, 2.45) is 0 Å². The van der Waals surface area contributed by atoms with Gasteiger partial charge in [-0.05, 0) is 32.1 Å². The van der Waals surface area contributed by atoms with Crippen molar-refractivity contribution < 1.29 is 0 Å². The fraction of sp³-hybridized carbons (Fsp3) is 0.562. The van der Waals surface area contributed by atoms with E-state index in [0.29, 0.717) is 0 Å². The molecule has 0 unspecified atom stereocenters. The topological polar surface area (TPSA) is 46.8 Å². The Morgan fingerprint density at radius 2 is 1.95 bits per heavy atom. The molecule has 3 heterocycles. The third-order valence-electron chi connectivity index (χ3n) is 5.03. The Morgan fingerprint density at radius 1 is 1.00 bits per heavy atom. The molecule has 1 aliphatic heterocycles. The van der Waals surface area contributed by atoms with Gasteiger partial charge in [-0.25, -0.2) is 15.0 Å². The summed E-state index contributed by atoms with van der Waals surface area (Å²) in [5.74, 6) is 1.16. The van der Waals surface area contributed by atoms with Gasteiger partial charge in [-0.2, -0.15) is 0 Å². The predicted molar refractivity (Wildman–Crippen MR) is 79.3 cm³/mol. The van der Waals surface area contributed by atoms with Gasteiger partial charge in [-0.15, -0.1) is 0 Å². The molecule has 5 heteroatoms. The van der Waals surface area contributed by atoms with Crippen LogP contribution < -0.4 is 4.90 Å². The summed E-state index contributed by atoms with van der Waals surface area (Å²) in [6.07, 6.45) is 11.0. The summed E-state index contributed by atoms with van der Waals surface area (Å²) in [5.41, 5.74) is 5.34. The molecule has 0 saturated heterocycles. The average molecular weight is 281 g/mol. The van der Waals surface area contributed by atoms with Crippen molar-refractivity contribution in [3.63, 3.8) is 0 Å². The van der Waals surface area contributed by atoms with Gasteiger partial charge in [-0.3, -0.25) is 0 Å². The van der Waals surface area contributed by atoms with Gasteiger partial charge < -0.3 is 9.47 Å². The number of anilines is 1. The van der Waals surface area contributed by atoms with Crippen LogP contribution in [0.4, 0.5) is 5.82 Å². The Morgan fingerprint density at radius 3 is 2.86 bits per heavy atom. The van der Waals surface area contributed by atoms with E-state index in [1.165, 1.54) is 41.9 Å². The molecule has 0 atom stereocenters. The smallest absolute Gasteiger partial charge is 0.135 e. The van der Waals surface area contributed by atoms with Gasteiger partial charge in [0.05, 0.1) is 18.6 Å². The summed E-state index contributed by atoms with van der Waals surface area (Å²) in [6.45, 7) is 1.95. The molecule has 2 aliphatic carbocycles. The Balaban J connectivity index is 1.48. The first-order valence-electron chi connectivity index (χ1n) is 8.02. The molecule has 0 spiro atoms. The molecule has 0 radical (unpaired) electrons. The Bertz CT molecular complexity index is 701. The second-order valence-electron chi connectivity index (χ2n) is 6.42. The van der Waals surface area contributed by atoms with Gasteiger partial charge >= 0.3 is 0 Å². The summed E-state index contributed by atoms with van der Waals surface area (Å²) < 4.78 is 2.41. The van der Waals surface area contributed by atoms with E-state index in [1.54, 1.807) is 6.33 Å². The third-order valence-corrected chi connectivity index (χ3v) is 5.03. The molecule has 5 rings (SSSR count). The maximum Gasteiger partial charge on any atom is 0.135 e. The number of aryl methyl sites for hydroxylation is 1. The molecule has 0 bridgehead atoms. The van der Waals surface area contributed by atoms with Crippen LogP contribution in [0.3, 0.4) is 0 Å². The van der Waals surface area contributed by atoms with Crippen LogP contribution in [0.15, 0.2) is 12.7 Å². The lowest BCUT2D eigenvalue weighted by atomic mass is 10.1. The highest BCUT2D eigenvalue weighted by Gasteiger charge is 2.31. The summed E-state index contributed by atoms with van der Waals surface area (Å²) >= 11 is 0. The summed E-state index contributed by atoms with van der Waals surface area (Å²) in [4.78, 5) is 16.1. The highest BCUT2D eigenvalue weighted by molar-refractivity contribution is 5.51. The summed E-state index contributed by atoms with van der Waals surface area (Å²) in [6, 6.07) is 0.732. The zero-order valence-electron chi connectivity index (χ0n) is 12.1. The molecule has 0 N–H and O–H groups in total. The van der Waals surface area contributed by atoms with Crippen LogP contribution in [0.25, 0.3) is 0 Å². The van der Waals surface area contributed by atoms with E-state index < -0.39 is 0 Å². The molecule has 2 aromatic heterocycles. The zero-order valence-corrected chi connectivity index (χ0v) is 12.1. The first-order chi connectivity index (χ1) is 10.4. The summed E-state index contributed by atoms with van der Waals surface area (Å²) in [5, 5.41) is 0. The second kappa shape index (κ2) is 4.29. The quantitative estimate of drug-likeness (QED) is 0.845. The van der Waals surface area contributed by atoms with Crippen LogP contribution in [0, 0.1) is 0 Å². The first kappa shape index (κ1) is 11.7. The maximum absolute atomic E-state index is 4.67. The molecule has 1 saturated carbocycles. The van der Waals surface area contributed by atoms with Crippen LogP contribution in [0.2, 0.25) is 0 Å². The first-order valence-corrected chi connectivity index (χ1v) is 8.02. The number of hydrogen-bond acceptors (Lipinski definition) is 4. The van der Waals surface area contributed by atoms with Gasteiger partial charge in [0.25, 0.3) is 0 Å². The number of rotatable bonds is 2. The number of hydrogen-bond donors (Lipinski definition) is 0. The van der Waals surface area contributed by atoms with E-state index in [2.05, 4.69) is 30.7 Å². The zero-order chi connectivity index (χ0) is 13.8. The van der Waals surface area contributed by atoms with Crippen molar-refractivity contribution in [2.45, 2.75) is 51.1 Å². The van der Waals surface area contributed by atoms with E-state index in [1.807, 2.05) is 0 Å². The van der Waals surface area contributed by atoms with E-state index >= 15 is 0 Å². The minimum absolute atomic E-state index is 0.732. The highest BCUT2D eigenvalue weighted by atomic mass is 15.2. The molecule has 5 nitrogen and oxygen atoms in total. The van der Waals surface area contributed by atoms with E-state index in [4.69, 9.17) is 0 Å². The normalized spacial score (nSPS) is 20.5. The van der Waals surface area contributed by atoms with Gasteiger partial charge in [-0.1, -0.05) is 0 Å². The molecule has 21 heavy (non-hydrogen) atoms. The molecule has 3 aliphatic rings. The Kier molecular flexibility index (Phi) is 2.39. The number of aromatic nitrogens is 4. The monoisotopic (exact) mass is 281 g/mol. The van der Waals surface area contributed by atoms with Crippen molar-refractivity contribution in [1.29, 1.82) is 0 Å². The molecule has 108 valence electrons. The molecular weight excluding hydrogens is 262 g/mol. The summed E-state index contributed by atoms with van der Waals surface area (Å²) in [7, 11) is 0. The van der Waals surface area contributed by atoms with Crippen LogP contribution in [-0.4, -0.2) is 26.1 Å². The van der Waals surface area contributed by atoms with E-state index in [9.17, 15) is 0 Å². The van der Waals surface area contributed by atoms with Crippen LogP contribution >= 0.6 is 0 Å². The molecular formula is C16H19N5. The number of fused-ring (bicyclic) bond motifs is 2. The number of imidazole rings is 1. The standard InChI is InChI=1S/C16H19N5/c1-2-12-13(3-1)17-9-18-16(12)20-7-6-15-14(8-20)19-10-21(15)11-4-5-11/h9-11H,1-8H2. The van der Waals surface area contributed by atoms with Crippen molar-refractivity contribution >= 4 is 5.82 Å². The van der Waals surface area contributed by atoms with Crippen molar-refractivity contribution in [3.05, 3.63) is 35.3 Å². The van der Waals surface area contributed by atoms with Crippen LogP contribution in [0.5, 0.6) is 0 Å². The largest absolute Gasteiger partial charge is 0.350 e.